The monoisotopic (exact) mass is 432 g/mol. The average molecular weight is 433 g/mol. The molecule has 1 heterocycles. The first kappa shape index (κ1) is 20.9. The van der Waals surface area contributed by atoms with Crippen LogP contribution in [0.25, 0.3) is 0 Å². The van der Waals surface area contributed by atoms with Crippen LogP contribution in [0.1, 0.15) is 12.5 Å². The SMILES string of the molecule is CCN(C1=C(Sc2ccc(C)cc2)C(=O)N(c2ccc(F)cc2)C1=O)c1ccccc1. The van der Waals surface area contributed by atoms with E-state index in [-0.39, 0.29) is 0 Å². The number of anilines is 2. The van der Waals surface area contributed by atoms with Crippen molar-refractivity contribution in [1.82, 2.24) is 0 Å². The molecule has 0 fully saturated rings. The van der Waals surface area contributed by atoms with Crippen LogP contribution < -0.4 is 9.80 Å². The van der Waals surface area contributed by atoms with Gasteiger partial charge in [0.25, 0.3) is 11.8 Å². The molecule has 0 aliphatic carbocycles. The van der Waals surface area contributed by atoms with E-state index in [1.165, 1.54) is 36.0 Å². The number of rotatable bonds is 6. The summed E-state index contributed by atoms with van der Waals surface area (Å²) in [6.07, 6.45) is 0. The van der Waals surface area contributed by atoms with Crippen molar-refractivity contribution >= 4 is 35.0 Å². The highest BCUT2D eigenvalue weighted by molar-refractivity contribution is 8.04. The molecule has 0 aromatic heterocycles. The Balaban J connectivity index is 1.81. The van der Waals surface area contributed by atoms with Crippen molar-refractivity contribution < 1.29 is 14.0 Å². The van der Waals surface area contributed by atoms with Crippen molar-refractivity contribution in [1.29, 1.82) is 0 Å². The van der Waals surface area contributed by atoms with Crippen LogP contribution in [0, 0.1) is 12.7 Å². The zero-order valence-electron chi connectivity index (χ0n) is 17.2. The third-order valence-corrected chi connectivity index (χ3v) is 6.08. The Hall–Kier alpha value is -3.38. The minimum Gasteiger partial charge on any atom is -0.336 e. The summed E-state index contributed by atoms with van der Waals surface area (Å²) in [6, 6.07) is 22.7. The van der Waals surface area contributed by atoms with Crippen molar-refractivity contribution in [3.8, 4) is 0 Å². The zero-order valence-corrected chi connectivity index (χ0v) is 18.0. The van der Waals surface area contributed by atoms with Crippen LogP contribution in [0.5, 0.6) is 0 Å². The molecule has 0 radical (unpaired) electrons. The number of hydrogen-bond donors (Lipinski definition) is 0. The van der Waals surface area contributed by atoms with E-state index in [4.69, 9.17) is 0 Å². The second-order valence-corrected chi connectivity index (χ2v) is 8.18. The molecule has 2 amide bonds. The number of carbonyl (C=O) groups excluding carboxylic acids is 2. The smallest absolute Gasteiger partial charge is 0.283 e. The van der Waals surface area contributed by atoms with Gasteiger partial charge in [-0.25, -0.2) is 9.29 Å². The van der Waals surface area contributed by atoms with Gasteiger partial charge in [0.1, 0.15) is 16.4 Å². The molecule has 3 aromatic rings. The number of halogens is 1. The molecular formula is C25H21FN2O2S. The van der Waals surface area contributed by atoms with Crippen molar-refractivity contribution in [3.05, 3.63) is 101 Å². The fourth-order valence-corrected chi connectivity index (χ4v) is 4.44. The van der Waals surface area contributed by atoms with Gasteiger partial charge in [-0.2, -0.15) is 0 Å². The predicted molar refractivity (Wildman–Crippen MR) is 122 cm³/mol. The Morgan fingerprint density at radius 3 is 2.13 bits per heavy atom. The molecule has 3 aromatic carbocycles. The van der Waals surface area contributed by atoms with Gasteiger partial charge < -0.3 is 4.90 Å². The van der Waals surface area contributed by atoms with Gasteiger partial charge in [0.15, 0.2) is 0 Å². The molecule has 0 bridgehead atoms. The number of amides is 2. The van der Waals surface area contributed by atoms with E-state index < -0.39 is 17.6 Å². The van der Waals surface area contributed by atoms with Crippen molar-refractivity contribution in [2.75, 3.05) is 16.3 Å². The fourth-order valence-electron chi connectivity index (χ4n) is 3.45. The largest absolute Gasteiger partial charge is 0.336 e. The lowest BCUT2D eigenvalue weighted by atomic mass is 10.2. The van der Waals surface area contributed by atoms with Crippen molar-refractivity contribution in [3.63, 3.8) is 0 Å². The lowest BCUT2D eigenvalue weighted by Crippen LogP contribution is -2.35. The third kappa shape index (κ3) is 4.11. The number of para-hydroxylation sites is 1. The van der Waals surface area contributed by atoms with Gasteiger partial charge in [0.05, 0.1) is 5.69 Å². The Morgan fingerprint density at radius 2 is 1.52 bits per heavy atom. The molecule has 156 valence electrons. The second kappa shape index (κ2) is 8.78. The second-order valence-electron chi connectivity index (χ2n) is 7.09. The molecule has 6 heteroatoms. The zero-order chi connectivity index (χ0) is 22.0. The number of carbonyl (C=O) groups is 2. The first-order chi connectivity index (χ1) is 15.0. The third-order valence-electron chi connectivity index (χ3n) is 5.00. The first-order valence-electron chi connectivity index (χ1n) is 9.95. The van der Waals surface area contributed by atoms with Gasteiger partial charge in [-0.1, -0.05) is 47.7 Å². The molecular weight excluding hydrogens is 411 g/mol. The maximum absolute atomic E-state index is 13.5. The van der Waals surface area contributed by atoms with Gasteiger partial charge >= 0.3 is 0 Å². The Kier molecular flexibility index (Phi) is 5.91. The highest BCUT2D eigenvalue weighted by Gasteiger charge is 2.42. The van der Waals surface area contributed by atoms with Gasteiger partial charge in [-0.3, -0.25) is 9.59 Å². The summed E-state index contributed by atoms with van der Waals surface area (Å²) in [5, 5.41) is 0. The van der Waals surface area contributed by atoms with Crippen LogP contribution in [0.3, 0.4) is 0 Å². The quantitative estimate of drug-likeness (QED) is 0.480. The Morgan fingerprint density at radius 1 is 0.871 bits per heavy atom. The van der Waals surface area contributed by atoms with Gasteiger partial charge in [-0.05, 0) is 62.4 Å². The molecule has 0 atom stereocenters. The van der Waals surface area contributed by atoms with Crippen molar-refractivity contribution in [2.45, 2.75) is 18.7 Å². The van der Waals surface area contributed by atoms with Gasteiger partial charge in [0.2, 0.25) is 0 Å². The van der Waals surface area contributed by atoms with E-state index in [0.717, 1.165) is 21.0 Å². The molecule has 1 aliphatic rings. The van der Waals surface area contributed by atoms with E-state index in [9.17, 15) is 14.0 Å². The maximum atomic E-state index is 13.5. The summed E-state index contributed by atoms with van der Waals surface area (Å²) in [7, 11) is 0. The molecule has 0 unspecified atom stereocenters. The predicted octanol–water partition coefficient (Wildman–Crippen LogP) is 5.54. The van der Waals surface area contributed by atoms with Crippen LogP contribution in [-0.4, -0.2) is 18.4 Å². The first-order valence-corrected chi connectivity index (χ1v) is 10.8. The van der Waals surface area contributed by atoms with Crippen LogP contribution >= 0.6 is 11.8 Å². The molecule has 0 spiro atoms. The summed E-state index contributed by atoms with van der Waals surface area (Å²) in [5.74, 6) is -1.26. The number of imide groups is 1. The van der Waals surface area contributed by atoms with Gasteiger partial charge in [0, 0.05) is 17.1 Å². The van der Waals surface area contributed by atoms with Crippen LogP contribution in [0.15, 0.2) is 94.4 Å². The number of thioether (sulfide) groups is 1. The number of benzene rings is 3. The molecule has 31 heavy (non-hydrogen) atoms. The summed E-state index contributed by atoms with van der Waals surface area (Å²) >= 11 is 1.27. The average Bonchev–Trinajstić information content (AvgIpc) is 3.02. The molecule has 0 saturated heterocycles. The Labute approximate surface area is 185 Å². The van der Waals surface area contributed by atoms with Crippen molar-refractivity contribution in [2.24, 2.45) is 0 Å². The van der Waals surface area contributed by atoms with Crippen LogP contribution in [-0.2, 0) is 9.59 Å². The van der Waals surface area contributed by atoms with E-state index >= 15 is 0 Å². The summed E-state index contributed by atoms with van der Waals surface area (Å²) < 4.78 is 13.4. The number of likely N-dealkylation sites (N-methyl/N-ethyl adjacent to an activating group) is 1. The van der Waals surface area contributed by atoms with Crippen LogP contribution in [0.2, 0.25) is 0 Å². The standard InChI is InChI=1S/C25H21FN2O2S/c1-3-27(19-7-5-4-6-8-19)22-23(31-21-15-9-17(2)10-16-21)25(30)28(24(22)29)20-13-11-18(26)12-14-20/h4-16H,3H2,1-2H3. The lowest BCUT2D eigenvalue weighted by molar-refractivity contribution is -0.120. The minimum absolute atomic E-state index is 0.327. The van der Waals surface area contributed by atoms with Crippen LogP contribution in [0.4, 0.5) is 15.8 Å². The lowest BCUT2D eigenvalue weighted by Gasteiger charge is -2.24. The maximum Gasteiger partial charge on any atom is 0.283 e. The van der Waals surface area contributed by atoms with E-state index in [2.05, 4.69) is 0 Å². The van der Waals surface area contributed by atoms with Gasteiger partial charge in [-0.15, -0.1) is 0 Å². The number of hydrogen-bond acceptors (Lipinski definition) is 4. The summed E-state index contributed by atoms with van der Waals surface area (Å²) in [5.41, 5.74) is 2.61. The molecule has 4 rings (SSSR count). The normalized spacial score (nSPS) is 13.8. The number of nitrogens with zero attached hydrogens (tertiary/aromatic N) is 2. The summed E-state index contributed by atoms with van der Waals surface area (Å²) in [4.78, 5) is 31.2. The molecule has 1 aliphatic heterocycles. The highest BCUT2D eigenvalue weighted by Crippen LogP contribution is 2.40. The fraction of sp³-hybridized carbons (Fsp3) is 0.120. The molecule has 4 nitrogen and oxygen atoms in total. The molecule has 0 saturated carbocycles. The highest BCUT2D eigenvalue weighted by atomic mass is 32.2. The summed E-state index contributed by atoms with van der Waals surface area (Å²) in [6.45, 7) is 4.44. The molecule has 0 N–H and O–H groups in total. The van der Waals surface area contributed by atoms with E-state index in [1.807, 2.05) is 73.3 Å². The Bertz CT molecular complexity index is 1140. The van der Waals surface area contributed by atoms with E-state index in [0.29, 0.717) is 22.8 Å². The topological polar surface area (TPSA) is 40.6 Å². The van der Waals surface area contributed by atoms with E-state index in [1.54, 1.807) is 0 Å². The number of aryl methyl sites for hydroxylation is 1. The minimum atomic E-state index is -0.426.